The quantitative estimate of drug-likeness (QED) is 0.598. The third-order valence-electron chi connectivity index (χ3n) is 1.47. The summed E-state index contributed by atoms with van der Waals surface area (Å²) in [5.41, 5.74) is -1.16. The second-order valence-electron chi connectivity index (χ2n) is 2.32. The highest BCUT2D eigenvalue weighted by atomic mass is 19.1. The molecule has 0 unspecified atom stereocenters. The van der Waals surface area contributed by atoms with Gasteiger partial charge in [-0.1, -0.05) is 6.07 Å². The molecule has 0 spiro atoms. The predicted molar refractivity (Wildman–Crippen MR) is 42.5 cm³/mol. The number of para-hydroxylation sites is 1. The number of benzene rings is 1. The molecule has 1 rings (SSSR count). The van der Waals surface area contributed by atoms with Crippen LogP contribution >= 0.6 is 0 Å². The maximum Gasteiger partial charge on any atom is 0.354 e. The summed E-state index contributed by atoms with van der Waals surface area (Å²) in [6, 6.07) is 3.37. The van der Waals surface area contributed by atoms with Gasteiger partial charge >= 0.3 is 5.97 Å². The van der Waals surface area contributed by atoms with Crippen LogP contribution in [0.25, 0.3) is 0 Å². The molecule has 1 aromatic rings. The monoisotopic (exact) mass is 183 g/mol. The molecule has 13 heavy (non-hydrogen) atoms. The van der Waals surface area contributed by atoms with E-state index in [1.807, 2.05) is 0 Å². The molecule has 0 aliphatic heterocycles. The van der Waals surface area contributed by atoms with Crippen LogP contribution in [0.5, 0.6) is 5.75 Å². The number of carboxylic acid groups (broad SMARTS) is 1. The van der Waals surface area contributed by atoms with Crippen molar-refractivity contribution in [2.75, 3.05) is 0 Å². The standard InChI is InChI=1S/C8H6FNO3/c9-5-3-1-2-4(7(5)11)6(10)8(12)13/h1-3,10-11H,(H,12,13). The van der Waals surface area contributed by atoms with E-state index >= 15 is 0 Å². The zero-order valence-corrected chi connectivity index (χ0v) is 6.41. The molecule has 1 aromatic carbocycles. The first-order valence-electron chi connectivity index (χ1n) is 3.33. The number of nitrogens with one attached hydrogen (secondary N) is 1. The minimum atomic E-state index is -1.51. The number of aromatic hydroxyl groups is 1. The molecule has 4 nitrogen and oxygen atoms in total. The van der Waals surface area contributed by atoms with Gasteiger partial charge in [-0.15, -0.1) is 0 Å². The van der Waals surface area contributed by atoms with E-state index in [4.69, 9.17) is 15.6 Å². The largest absolute Gasteiger partial charge is 0.504 e. The summed E-state index contributed by atoms with van der Waals surface area (Å²) in [5, 5.41) is 24.4. The molecule has 68 valence electrons. The van der Waals surface area contributed by atoms with Gasteiger partial charge in [0.1, 0.15) is 0 Å². The Morgan fingerprint density at radius 3 is 2.62 bits per heavy atom. The van der Waals surface area contributed by atoms with Crippen molar-refractivity contribution < 1.29 is 19.4 Å². The molecule has 0 amide bonds. The molecule has 0 atom stereocenters. The molecule has 5 heteroatoms. The molecule has 0 aromatic heterocycles. The van der Waals surface area contributed by atoms with Crippen LogP contribution in [-0.2, 0) is 4.79 Å². The molecule has 0 heterocycles. The van der Waals surface area contributed by atoms with Gasteiger partial charge in [0.25, 0.3) is 0 Å². The maximum atomic E-state index is 12.7. The molecule has 0 saturated carbocycles. The van der Waals surface area contributed by atoms with E-state index < -0.39 is 23.2 Å². The third-order valence-corrected chi connectivity index (χ3v) is 1.47. The Balaban J connectivity index is 3.23. The topological polar surface area (TPSA) is 81.4 Å². The Hall–Kier alpha value is -1.91. The Morgan fingerprint density at radius 2 is 2.08 bits per heavy atom. The van der Waals surface area contributed by atoms with Gasteiger partial charge in [0.15, 0.2) is 17.3 Å². The van der Waals surface area contributed by atoms with Crippen LogP contribution in [0.3, 0.4) is 0 Å². The fraction of sp³-hybridized carbons (Fsp3) is 0. The van der Waals surface area contributed by atoms with Gasteiger partial charge in [0, 0.05) is 0 Å². The molecule has 0 aliphatic rings. The zero-order valence-electron chi connectivity index (χ0n) is 6.41. The van der Waals surface area contributed by atoms with Crippen molar-refractivity contribution in [2.24, 2.45) is 0 Å². The first kappa shape index (κ1) is 9.18. The number of rotatable bonds is 2. The number of carboxylic acids is 1. The molecule has 0 fully saturated rings. The molecule has 0 saturated heterocycles. The van der Waals surface area contributed by atoms with Crippen molar-refractivity contribution in [3.63, 3.8) is 0 Å². The number of phenolic OH excluding ortho intramolecular Hbond substituents is 1. The Labute approximate surface area is 72.8 Å². The lowest BCUT2D eigenvalue weighted by Gasteiger charge is -2.02. The summed E-state index contributed by atoms with van der Waals surface area (Å²) in [5.74, 6) is -3.26. The second-order valence-corrected chi connectivity index (χ2v) is 2.32. The summed E-state index contributed by atoms with van der Waals surface area (Å²) in [7, 11) is 0. The lowest BCUT2D eigenvalue weighted by Crippen LogP contribution is -2.13. The third kappa shape index (κ3) is 1.64. The van der Waals surface area contributed by atoms with E-state index in [0.29, 0.717) is 0 Å². The van der Waals surface area contributed by atoms with Crippen LogP contribution in [0.2, 0.25) is 0 Å². The lowest BCUT2D eigenvalue weighted by molar-refractivity contribution is -0.129. The van der Waals surface area contributed by atoms with Gasteiger partial charge in [-0.2, -0.15) is 0 Å². The van der Waals surface area contributed by atoms with Crippen molar-refractivity contribution in [3.8, 4) is 5.75 Å². The fourth-order valence-electron chi connectivity index (χ4n) is 0.832. The first-order valence-corrected chi connectivity index (χ1v) is 3.33. The van der Waals surface area contributed by atoms with Crippen molar-refractivity contribution >= 4 is 11.7 Å². The second kappa shape index (κ2) is 3.22. The number of hydrogen-bond acceptors (Lipinski definition) is 3. The molecule has 0 aliphatic carbocycles. The summed E-state index contributed by atoms with van der Waals surface area (Å²) < 4.78 is 12.7. The summed E-state index contributed by atoms with van der Waals surface area (Å²) in [4.78, 5) is 10.3. The number of phenols is 1. The molecular weight excluding hydrogens is 177 g/mol. The van der Waals surface area contributed by atoms with Crippen LogP contribution in [0.15, 0.2) is 18.2 Å². The Kier molecular flexibility index (Phi) is 2.27. The SMILES string of the molecule is N=C(C(=O)O)c1cccc(F)c1O. The number of halogens is 1. The van der Waals surface area contributed by atoms with Gasteiger partial charge in [-0.05, 0) is 12.1 Å². The normalized spacial score (nSPS) is 9.62. The van der Waals surface area contributed by atoms with E-state index in [-0.39, 0.29) is 5.56 Å². The summed E-state index contributed by atoms with van der Waals surface area (Å²) in [6.45, 7) is 0. The molecule has 3 N–H and O–H groups in total. The van der Waals surface area contributed by atoms with E-state index in [1.165, 1.54) is 6.07 Å². The lowest BCUT2D eigenvalue weighted by atomic mass is 10.1. The van der Waals surface area contributed by atoms with Gasteiger partial charge in [0.05, 0.1) is 5.56 Å². The summed E-state index contributed by atoms with van der Waals surface area (Å²) in [6.07, 6.45) is 0. The minimum Gasteiger partial charge on any atom is -0.504 e. The number of hydrogen-bond donors (Lipinski definition) is 3. The van der Waals surface area contributed by atoms with Crippen LogP contribution in [0.4, 0.5) is 4.39 Å². The minimum absolute atomic E-state index is 0.326. The van der Waals surface area contributed by atoms with Gasteiger partial charge in [0.2, 0.25) is 0 Å². The van der Waals surface area contributed by atoms with E-state index in [9.17, 15) is 9.18 Å². The molecular formula is C8H6FNO3. The van der Waals surface area contributed by atoms with E-state index in [2.05, 4.69) is 0 Å². The smallest absolute Gasteiger partial charge is 0.354 e. The number of carbonyl (C=O) groups is 1. The van der Waals surface area contributed by atoms with Crippen LogP contribution in [-0.4, -0.2) is 21.9 Å². The highest BCUT2D eigenvalue weighted by Gasteiger charge is 2.16. The number of aliphatic carboxylic acids is 1. The van der Waals surface area contributed by atoms with E-state index in [0.717, 1.165) is 12.1 Å². The van der Waals surface area contributed by atoms with Crippen molar-refractivity contribution in [2.45, 2.75) is 0 Å². The van der Waals surface area contributed by atoms with Crippen LogP contribution < -0.4 is 0 Å². The Morgan fingerprint density at radius 1 is 1.46 bits per heavy atom. The van der Waals surface area contributed by atoms with E-state index in [1.54, 1.807) is 0 Å². The van der Waals surface area contributed by atoms with Crippen LogP contribution in [0, 0.1) is 11.2 Å². The van der Waals surface area contributed by atoms with Gasteiger partial charge in [-0.25, -0.2) is 9.18 Å². The zero-order chi connectivity index (χ0) is 10.0. The highest BCUT2D eigenvalue weighted by Crippen LogP contribution is 2.20. The highest BCUT2D eigenvalue weighted by molar-refractivity contribution is 6.41. The molecule has 0 bridgehead atoms. The van der Waals surface area contributed by atoms with Gasteiger partial charge < -0.3 is 10.2 Å². The predicted octanol–water partition coefficient (Wildman–Crippen LogP) is 0.984. The van der Waals surface area contributed by atoms with Crippen molar-refractivity contribution in [1.29, 1.82) is 5.41 Å². The van der Waals surface area contributed by atoms with Crippen molar-refractivity contribution in [3.05, 3.63) is 29.6 Å². The average Bonchev–Trinajstić information content (AvgIpc) is 2.08. The van der Waals surface area contributed by atoms with Crippen molar-refractivity contribution in [1.82, 2.24) is 0 Å². The van der Waals surface area contributed by atoms with Crippen LogP contribution in [0.1, 0.15) is 5.56 Å². The maximum absolute atomic E-state index is 12.7. The average molecular weight is 183 g/mol. The van der Waals surface area contributed by atoms with Gasteiger partial charge in [-0.3, -0.25) is 5.41 Å². The summed E-state index contributed by atoms with van der Waals surface area (Å²) >= 11 is 0. The first-order chi connectivity index (χ1) is 6.04. The fourth-order valence-corrected chi connectivity index (χ4v) is 0.832. The Bertz CT molecular complexity index is 376. The molecule has 0 radical (unpaired) electrons.